The van der Waals surface area contributed by atoms with Crippen LogP contribution in [0.5, 0.6) is 5.75 Å². The first-order valence-electron chi connectivity index (χ1n) is 8.06. The predicted molar refractivity (Wildman–Crippen MR) is 105 cm³/mol. The summed E-state index contributed by atoms with van der Waals surface area (Å²) in [4.78, 5) is 27.8. The van der Waals surface area contributed by atoms with Crippen molar-refractivity contribution in [2.24, 2.45) is 0 Å². The van der Waals surface area contributed by atoms with Crippen LogP contribution in [-0.4, -0.2) is 15.1 Å². The van der Waals surface area contributed by atoms with Gasteiger partial charge in [-0.05, 0) is 49.2 Å². The highest BCUT2D eigenvalue weighted by Crippen LogP contribution is 2.25. The van der Waals surface area contributed by atoms with Crippen LogP contribution in [0.2, 0.25) is 0 Å². The largest absolute Gasteiger partial charge is 0.507 e. The van der Waals surface area contributed by atoms with Crippen molar-refractivity contribution in [2.45, 2.75) is 13.8 Å². The van der Waals surface area contributed by atoms with Crippen molar-refractivity contribution in [1.82, 2.24) is 9.97 Å². The van der Waals surface area contributed by atoms with Gasteiger partial charge < -0.3 is 20.8 Å². The Labute approximate surface area is 148 Å². The molecule has 2 heterocycles. The normalized spacial score (nSPS) is 10.5. The summed E-state index contributed by atoms with van der Waals surface area (Å²) >= 11 is 0. The first-order valence-corrected chi connectivity index (χ1v) is 8.06. The van der Waals surface area contributed by atoms with Gasteiger partial charge in [0.25, 0.3) is 11.1 Å². The molecule has 0 bridgehead atoms. The van der Waals surface area contributed by atoms with E-state index in [1.807, 2.05) is 19.1 Å². The number of hydrogen-bond acceptors (Lipinski definition) is 4. The lowest BCUT2D eigenvalue weighted by atomic mass is 10.1. The van der Waals surface area contributed by atoms with E-state index in [0.29, 0.717) is 21.8 Å². The van der Waals surface area contributed by atoms with Crippen molar-refractivity contribution >= 4 is 27.2 Å². The minimum absolute atomic E-state index is 0.0933. The smallest absolute Gasteiger partial charge is 0.255 e. The van der Waals surface area contributed by atoms with Crippen molar-refractivity contribution in [1.29, 1.82) is 0 Å². The van der Waals surface area contributed by atoms with Crippen LogP contribution in [0.3, 0.4) is 0 Å². The number of aromatic hydroxyl groups is 1. The molecular weight excluding hydrogens is 330 g/mol. The van der Waals surface area contributed by atoms with Crippen molar-refractivity contribution < 1.29 is 5.11 Å². The van der Waals surface area contributed by atoms with Gasteiger partial charge >= 0.3 is 0 Å². The lowest BCUT2D eigenvalue weighted by Gasteiger charge is -2.03. The van der Waals surface area contributed by atoms with Crippen molar-refractivity contribution in [2.75, 3.05) is 5.73 Å². The maximum atomic E-state index is 11.3. The minimum atomic E-state index is -0.173. The van der Waals surface area contributed by atoms with Gasteiger partial charge in [-0.25, -0.2) is 0 Å². The Kier molecular flexibility index (Phi) is 4.49. The number of aromatic amines is 2. The first kappa shape index (κ1) is 17.3. The molecule has 0 amide bonds. The molecule has 2 aromatic heterocycles. The summed E-state index contributed by atoms with van der Waals surface area (Å²) < 4.78 is 0. The number of phenolic OH excluding ortho intramolecular Hbond substituents is 1. The van der Waals surface area contributed by atoms with E-state index in [9.17, 15) is 14.7 Å². The number of H-pyrrole nitrogens is 2. The Bertz CT molecular complexity index is 1130. The first-order chi connectivity index (χ1) is 12.4. The fourth-order valence-electron chi connectivity index (χ4n) is 2.76. The van der Waals surface area contributed by atoms with Gasteiger partial charge in [0.2, 0.25) is 0 Å². The number of phenols is 1. The molecule has 0 saturated carbocycles. The molecular formula is C20H19N3O3. The summed E-state index contributed by atoms with van der Waals surface area (Å²) in [5, 5.41) is 12.2. The third kappa shape index (κ3) is 3.04. The van der Waals surface area contributed by atoms with Crippen molar-refractivity contribution in [3.8, 4) is 5.75 Å². The van der Waals surface area contributed by atoms with Gasteiger partial charge in [-0.3, -0.25) is 9.59 Å². The standard InChI is InChI=1S/C10H10N2O.C10H9NO2/c1-6-2-3-8-7(9(6)11)4-5-12-10(8)13;1-6-2-3-8-7(9(6)12)4-5-11-10(8)13/h2-5H,11H2,1H3,(H,12,13);2-5,12H,1H3,(H,11,13). The minimum Gasteiger partial charge on any atom is -0.507 e. The number of aromatic nitrogens is 2. The summed E-state index contributed by atoms with van der Waals surface area (Å²) in [6, 6.07) is 10.6. The molecule has 0 unspecified atom stereocenters. The molecule has 6 nitrogen and oxygen atoms in total. The highest BCUT2D eigenvalue weighted by Gasteiger charge is 2.04. The fourth-order valence-corrected chi connectivity index (χ4v) is 2.76. The number of aryl methyl sites for hydroxylation is 2. The fraction of sp³-hybridized carbons (Fsp3) is 0.100. The van der Waals surface area contributed by atoms with Gasteiger partial charge in [0.05, 0.1) is 5.39 Å². The number of fused-ring (bicyclic) bond motifs is 2. The van der Waals surface area contributed by atoms with E-state index in [-0.39, 0.29) is 16.9 Å². The monoisotopic (exact) mass is 349 g/mol. The Morgan fingerprint density at radius 1 is 0.731 bits per heavy atom. The third-order valence-electron chi connectivity index (χ3n) is 4.34. The number of pyridine rings is 2. The number of nitrogen functional groups attached to an aromatic ring is 1. The molecule has 5 N–H and O–H groups in total. The van der Waals surface area contributed by atoms with E-state index in [1.165, 1.54) is 6.20 Å². The summed E-state index contributed by atoms with van der Waals surface area (Å²) in [6.45, 7) is 3.73. The molecule has 26 heavy (non-hydrogen) atoms. The number of hydrogen-bond donors (Lipinski definition) is 4. The molecule has 0 spiro atoms. The van der Waals surface area contributed by atoms with Crippen LogP contribution in [0.25, 0.3) is 21.5 Å². The van der Waals surface area contributed by atoms with Crippen LogP contribution in [0.15, 0.2) is 58.4 Å². The van der Waals surface area contributed by atoms with E-state index in [0.717, 1.165) is 16.5 Å². The van der Waals surface area contributed by atoms with Crippen LogP contribution >= 0.6 is 0 Å². The molecule has 0 radical (unpaired) electrons. The molecule has 2 aromatic carbocycles. The van der Waals surface area contributed by atoms with E-state index in [2.05, 4.69) is 9.97 Å². The Balaban J connectivity index is 0.000000151. The summed E-state index contributed by atoms with van der Waals surface area (Å²) in [5.41, 5.74) is 8.03. The Morgan fingerprint density at radius 3 is 1.85 bits per heavy atom. The van der Waals surface area contributed by atoms with Gasteiger partial charge in [0.1, 0.15) is 5.75 Å². The lowest BCUT2D eigenvalue weighted by Crippen LogP contribution is -2.05. The van der Waals surface area contributed by atoms with Gasteiger partial charge in [0.15, 0.2) is 0 Å². The molecule has 6 heteroatoms. The second kappa shape index (κ2) is 6.76. The molecule has 0 saturated heterocycles. The van der Waals surface area contributed by atoms with Gasteiger partial charge in [-0.2, -0.15) is 0 Å². The van der Waals surface area contributed by atoms with Crippen LogP contribution in [0, 0.1) is 13.8 Å². The average Bonchev–Trinajstić information content (AvgIpc) is 2.63. The maximum Gasteiger partial charge on any atom is 0.255 e. The van der Waals surface area contributed by atoms with Crippen LogP contribution in [0.1, 0.15) is 11.1 Å². The second-order valence-electron chi connectivity index (χ2n) is 6.06. The highest BCUT2D eigenvalue weighted by atomic mass is 16.3. The van der Waals surface area contributed by atoms with Crippen LogP contribution in [-0.2, 0) is 0 Å². The molecule has 0 aliphatic rings. The molecule has 0 fully saturated rings. The summed E-state index contributed by atoms with van der Waals surface area (Å²) in [7, 11) is 0. The molecule has 132 valence electrons. The van der Waals surface area contributed by atoms with E-state index < -0.39 is 0 Å². The van der Waals surface area contributed by atoms with E-state index in [4.69, 9.17) is 5.73 Å². The number of nitrogens with one attached hydrogen (secondary N) is 2. The number of benzene rings is 2. The predicted octanol–water partition coefficient (Wildman–Crippen LogP) is 2.96. The van der Waals surface area contributed by atoms with Crippen molar-refractivity contribution in [3.05, 3.63) is 80.6 Å². The lowest BCUT2D eigenvalue weighted by molar-refractivity contribution is 0.477. The summed E-state index contributed by atoms with van der Waals surface area (Å²) in [5.74, 6) is 0.184. The Morgan fingerprint density at radius 2 is 1.23 bits per heavy atom. The van der Waals surface area contributed by atoms with Gasteiger partial charge in [-0.15, -0.1) is 0 Å². The Hall–Kier alpha value is -3.54. The quantitative estimate of drug-likeness (QED) is 0.366. The van der Waals surface area contributed by atoms with Crippen LogP contribution in [0.4, 0.5) is 5.69 Å². The SMILES string of the molecule is Cc1ccc2c(=O)[nH]ccc2c1N.Cc1ccc2c(=O)[nH]ccc2c1O. The molecule has 0 atom stereocenters. The third-order valence-corrected chi connectivity index (χ3v) is 4.34. The van der Waals surface area contributed by atoms with Gasteiger partial charge in [-0.1, -0.05) is 12.1 Å². The summed E-state index contributed by atoms with van der Waals surface area (Å²) in [6.07, 6.45) is 3.14. The second-order valence-corrected chi connectivity index (χ2v) is 6.06. The van der Waals surface area contributed by atoms with E-state index >= 15 is 0 Å². The maximum absolute atomic E-state index is 11.3. The van der Waals surface area contributed by atoms with Crippen LogP contribution < -0.4 is 16.9 Å². The number of rotatable bonds is 0. The average molecular weight is 349 g/mol. The molecule has 0 aliphatic carbocycles. The highest BCUT2D eigenvalue weighted by molar-refractivity contribution is 5.93. The topological polar surface area (TPSA) is 112 Å². The molecule has 0 aliphatic heterocycles. The zero-order chi connectivity index (χ0) is 18.8. The molecule has 4 rings (SSSR count). The molecule has 4 aromatic rings. The van der Waals surface area contributed by atoms with Gasteiger partial charge in [0, 0.05) is 34.2 Å². The van der Waals surface area contributed by atoms with E-state index in [1.54, 1.807) is 37.4 Å². The number of nitrogens with two attached hydrogens (primary N) is 1. The zero-order valence-corrected chi connectivity index (χ0v) is 14.5. The zero-order valence-electron chi connectivity index (χ0n) is 14.5. The van der Waals surface area contributed by atoms with Crippen molar-refractivity contribution in [3.63, 3.8) is 0 Å². The number of anilines is 1.